The number of allylic oxidation sites excluding steroid dienone is 1. The number of benzene rings is 1. The summed E-state index contributed by atoms with van der Waals surface area (Å²) >= 11 is 6.07. The molecule has 0 amide bonds. The molecule has 0 fully saturated rings. The fraction of sp³-hybridized carbons (Fsp3) is 0.0588. The van der Waals surface area contributed by atoms with Crippen molar-refractivity contribution in [3.63, 3.8) is 0 Å². The Morgan fingerprint density at radius 2 is 2.18 bits per heavy atom. The number of aromatic amines is 1. The molecule has 0 aliphatic heterocycles. The van der Waals surface area contributed by atoms with Gasteiger partial charge in [-0.3, -0.25) is 4.79 Å². The van der Waals surface area contributed by atoms with Crippen LogP contribution in [0.2, 0.25) is 5.02 Å². The fourth-order valence-electron chi connectivity index (χ4n) is 2.26. The maximum absolute atomic E-state index is 14.1. The molecule has 110 valence electrons. The quantitative estimate of drug-likeness (QED) is 0.729. The number of rotatable bonds is 4. The Morgan fingerprint density at radius 3 is 2.91 bits per heavy atom. The molecule has 0 saturated heterocycles. The summed E-state index contributed by atoms with van der Waals surface area (Å²) in [6.45, 7) is 3.39. The molecule has 0 saturated carbocycles. The van der Waals surface area contributed by atoms with Crippen LogP contribution >= 0.6 is 11.6 Å². The van der Waals surface area contributed by atoms with E-state index in [2.05, 4.69) is 16.5 Å². The molecule has 0 spiro atoms. The molecule has 3 nitrogen and oxygen atoms in total. The van der Waals surface area contributed by atoms with E-state index in [1.165, 1.54) is 12.1 Å². The first-order valence-corrected chi connectivity index (χ1v) is 7.03. The molecule has 1 aromatic carbocycles. The zero-order valence-corrected chi connectivity index (χ0v) is 12.3. The number of halogens is 2. The van der Waals surface area contributed by atoms with Gasteiger partial charge in [-0.05, 0) is 29.3 Å². The number of pyridine rings is 1. The monoisotopic (exact) mass is 314 g/mol. The molecule has 0 radical (unpaired) electrons. The average molecular weight is 315 g/mol. The second-order valence-corrected chi connectivity index (χ2v) is 5.32. The first kappa shape index (κ1) is 14.5. The second-order valence-electron chi connectivity index (χ2n) is 4.91. The Morgan fingerprint density at radius 1 is 1.36 bits per heavy atom. The van der Waals surface area contributed by atoms with E-state index in [1.807, 2.05) is 6.07 Å². The van der Waals surface area contributed by atoms with Crippen molar-refractivity contribution in [1.82, 2.24) is 9.97 Å². The van der Waals surface area contributed by atoms with Gasteiger partial charge in [0.2, 0.25) is 0 Å². The van der Waals surface area contributed by atoms with E-state index < -0.39 is 5.82 Å². The van der Waals surface area contributed by atoms with Crippen molar-refractivity contribution in [2.75, 3.05) is 0 Å². The zero-order chi connectivity index (χ0) is 15.7. The number of carbonyl (C=O) groups is 1. The molecule has 1 N–H and O–H groups in total. The van der Waals surface area contributed by atoms with Crippen molar-refractivity contribution in [2.45, 2.75) is 6.42 Å². The number of hydrogen-bond acceptors (Lipinski definition) is 2. The van der Waals surface area contributed by atoms with Crippen LogP contribution in [-0.2, 0) is 11.2 Å². The number of fused-ring (bicyclic) bond motifs is 1. The summed E-state index contributed by atoms with van der Waals surface area (Å²) < 4.78 is 14.1. The molecule has 5 heteroatoms. The predicted molar refractivity (Wildman–Crippen MR) is 85.4 cm³/mol. The van der Waals surface area contributed by atoms with Crippen molar-refractivity contribution in [2.24, 2.45) is 0 Å². The van der Waals surface area contributed by atoms with Gasteiger partial charge < -0.3 is 4.98 Å². The molecular weight excluding hydrogens is 303 g/mol. The van der Waals surface area contributed by atoms with Crippen molar-refractivity contribution in [3.8, 4) is 11.1 Å². The van der Waals surface area contributed by atoms with Gasteiger partial charge in [-0.2, -0.15) is 0 Å². The number of nitrogens with zero attached hydrogens (tertiary/aromatic N) is 1. The molecule has 0 bridgehead atoms. The van der Waals surface area contributed by atoms with E-state index in [4.69, 9.17) is 11.6 Å². The normalized spacial score (nSPS) is 10.8. The first-order valence-electron chi connectivity index (χ1n) is 6.65. The van der Waals surface area contributed by atoms with E-state index in [0.29, 0.717) is 21.8 Å². The van der Waals surface area contributed by atoms with Gasteiger partial charge in [-0.15, -0.1) is 0 Å². The van der Waals surface area contributed by atoms with Crippen molar-refractivity contribution < 1.29 is 9.18 Å². The van der Waals surface area contributed by atoms with Gasteiger partial charge in [0.15, 0.2) is 5.78 Å². The lowest BCUT2D eigenvalue weighted by Gasteiger charge is -2.06. The highest BCUT2D eigenvalue weighted by Gasteiger charge is 2.10. The van der Waals surface area contributed by atoms with Crippen LogP contribution in [0.5, 0.6) is 0 Å². The molecule has 0 atom stereocenters. The Hall–Kier alpha value is -2.46. The number of nitrogens with one attached hydrogen (secondary N) is 1. The number of carbonyl (C=O) groups excluding carboxylic acids is 1. The highest BCUT2D eigenvalue weighted by atomic mass is 35.5. The lowest BCUT2D eigenvalue weighted by molar-refractivity contribution is -0.114. The van der Waals surface area contributed by atoms with Crippen LogP contribution in [0.4, 0.5) is 4.39 Å². The minimum Gasteiger partial charge on any atom is -0.345 e. The molecule has 0 aliphatic rings. The third-order valence-corrected chi connectivity index (χ3v) is 3.77. The Labute approximate surface area is 131 Å². The maximum atomic E-state index is 14.1. The Bertz CT molecular complexity index is 885. The van der Waals surface area contributed by atoms with Crippen LogP contribution in [0.3, 0.4) is 0 Å². The van der Waals surface area contributed by atoms with Gasteiger partial charge in [0, 0.05) is 29.8 Å². The second kappa shape index (κ2) is 5.73. The molecule has 2 heterocycles. The van der Waals surface area contributed by atoms with Crippen LogP contribution in [0.15, 0.2) is 49.3 Å². The van der Waals surface area contributed by atoms with E-state index in [0.717, 1.165) is 10.9 Å². The number of ketones is 1. The molecule has 2 aromatic heterocycles. The van der Waals surface area contributed by atoms with E-state index in [-0.39, 0.29) is 12.2 Å². The summed E-state index contributed by atoms with van der Waals surface area (Å²) in [4.78, 5) is 18.5. The highest BCUT2D eigenvalue weighted by molar-refractivity contribution is 6.35. The largest absolute Gasteiger partial charge is 0.345 e. The summed E-state index contributed by atoms with van der Waals surface area (Å²) in [5.74, 6) is -0.637. The summed E-state index contributed by atoms with van der Waals surface area (Å²) in [7, 11) is 0. The SMILES string of the molecule is C=CC(=O)Cc1ccc(-c2cnc3[nH]cc(Cl)c3c2)cc1F. The van der Waals surface area contributed by atoms with Crippen molar-refractivity contribution in [1.29, 1.82) is 0 Å². The molecule has 3 rings (SSSR count). The smallest absolute Gasteiger partial charge is 0.159 e. The van der Waals surface area contributed by atoms with Gasteiger partial charge >= 0.3 is 0 Å². The standard InChI is InChI=1S/C17H12ClFN2O/c1-2-13(22)5-11-4-3-10(7-16(11)19)12-6-14-15(18)9-21-17(14)20-8-12/h2-4,6-9H,1,5H2,(H,20,21). The van der Waals surface area contributed by atoms with Gasteiger partial charge in [-0.1, -0.05) is 30.3 Å². The number of hydrogen-bond donors (Lipinski definition) is 1. The van der Waals surface area contributed by atoms with Gasteiger partial charge in [0.25, 0.3) is 0 Å². The number of aromatic nitrogens is 2. The zero-order valence-electron chi connectivity index (χ0n) is 11.6. The van der Waals surface area contributed by atoms with Crippen LogP contribution in [0.1, 0.15) is 5.56 Å². The van der Waals surface area contributed by atoms with Crippen LogP contribution < -0.4 is 0 Å². The molecule has 22 heavy (non-hydrogen) atoms. The highest BCUT2D eigenvalue weighted by Crippen LogP contribution is 2.28. The molecule has 3 aromatic rings. The first-order chi connectivity index (χ1) is 10.6. The van der Waals surface area contributed by atoms with Gasteiger partial charge in [-0.25, -0.2) is 9.37 Å². The Balaban J connectivity index is 1.99. The lowest BCUT2D eigenvalue weighted by atomic mass is 10.0. The van der Waals surface area contributed by atoms with E-state index in [9.17, 15) is 9.18 Å². The van der Waals surface area contributed by atoms with E-state index in [1.54, 1.807) is 24.5 Å². The maximum Gasteiger partial charge on any atom is 0.159 e. The third kappa shape index (κ3) is 2.65. The summed E-state index contributed by atoms with van der Waals surface area (Å²) in [6, 6.07) is 6.62. The van der Waals surface area contributed by atoms with Crippen LogP contribution in [0.25, 0.3) is 22.2 Å². The average Bonchev–Trinajstić information content (AvgIpc) is 2.90. The molecule has 0 unspecified atom stereocenters. The fourth-order valence-corrected chi connectivity index (χ4v) is 2.46. The van der Waals surface area contributed by atoms with Crippen LogP contribution in [-0.4, -0.2) is 15.8 Å². The minimum absolute atomic E-state index is 0.0105. The van der Waals surface area contributed by atoms with Gasteiger partial charge in [0.05, 0.1) is 5.02 Å². The summed E-state index contributed by atoms with van der Waals surface area (Å²) in [6.07, 6.45) is 4.52. The van der Waals surface area contributed by atoms with E-state index >= 15 is 0 Å². The van der Waals surface area contributed by atoms with Crippen LogP contribution in [0, 0.1) is 5.82 Å². The predicted octanol–water partition coefficient (Wildman–Crippen LogP) is 4.32. The molecule has 0 aliphatic carbocycles. The lowest BCUT2D eigenvalue weighted by Crippen LogP contribution is -2.00. The molecular formula is C17H12ClFN2O. The topological polar surface area (TPSA) is 45.8 Å². The van der Waals surface area contributed by atoms with Crippen molar-refractivity contribution in [3.05, 3.63) is 65.7 Å². The minimum atomic E-state index is -0.423. The third-order valence-electron chi connectivity index (χ3n) is 3.46. The number of H-pyrrole nitrogens is 1. The van der Waals surface area contributed by atoms with Crippen molar-refractivity contribution >= 4 is 28.4 Å². The summed E-state index contributed by atoms with van der Waals surface area (Å²) in [5.41, 5.74) is 2.47. The summed E-state index contributed by atoms with van der Waals surface area (Å²) in [5, 5.41) is 1.35. The van der Waals surface area contributed by atoms with Gasteiger partial charge in [0.1, 0.15) is 11.5 Å². The Kier molecular flexibility index (Phi) is 3.77.